The number of nitrogens with zero attached hydrogens (tertiary/aromatic N) is 2. The first-order valence-corrected chi connectivity index (χ1v) is 7.94. The zero-order valence-electron chi connectivity index (χ0n) is 13.2. The summed E-state index contributed by atoms with van der Waals surface area (Å²) in [6, 6.07) is 7.99. The first-order valence-electron chi connectivity index (χ1n) is 7.56. The summed E-state index contributed by atoms with van der Waals surface area (Å²) in [6.07, 6.45) is 0.500. The zero-order valence-corrected chi connectivity index (χ0v) is 13.9. The van der Waals surface area contributed by atoms with Gasteiger partial charge in [-0.3, -0.25) is 4.90 Å². The summed E-state index contributed by atoms with van der Waals surface area (Å²) in [4.78, 5) is 6.89. The molecule has 0 aliphatic carbocycles. The van der Waals surface area contributed by atoms with Crippen molar-refractivity contribution in [2.24, 2.45) is 0 Å². The van der Waals surface area contributed by atoms with Gasteiger partial charge in [-0.25, -0.2) is 4.98 Å². The molecule has 0 spiro atoms. The van der Waals surface area contributed by atoms with Crippen LogP contribution in [0.4, 0.5) is 0 Å². The van der Waals surface area contributed by atoms with Crippen LogP contribution in [0.2, 0.25) is 5.15 Å². The molecule has 1 fully saturated rings. The maximum atomic E-state index is 6.38. The van der Waals surface area contributed by atoms with Crippen LogP contribution in [0.25, 0.3) is 10.9 Å². The summed E-state index contributed by atoms with van der Waals surface area (Å²) < 4.78 is 11.0. The molecule has 3 rings (SSSR count). The van der Waals surface area contributed by atoms with Gasteiger partial charge < -0.3 is 9.47 Å². The van der Waals surface area contributed by atoms with E-state index in [0.29, 0.717) is 5.15 Å². The molecule has 1 aromatic carbocycles. The standard InChI is InChI=1S/C17H21ClN2O2/c1-11-8-20(9-12(2)22-11)10-14-6-13-4-5-15(21-3)7-16(13)19-17(14)18/h4-7,11-12H,8-10H2,1-3H3/t11-,12-/m0/s1. The molecule has 0 unspecified atom stereocenters. The second-order valence-corrected chi connectivity index (χ2v) is 6.31. The molecular weight excluding hydrogens is 300 g/mol. The van der Waals surface area contributed by atoms with Gasteiger partial charge in [0.25, 0.3) is 0 Å². The Morgan fingerprint density at radius 1 is 1.27 bits per heavy atom. The number of hydrogen-bond acceptors (Lipinski definition) is 4. The SMILES string of the molecule is COc1ccc2cc(CN3C[C@H](C)O[C@@H](C)C3)c(Cl)nc2c1. The Balaban J connectivity index is 1.86. The highest BCUT2D eigenvalue weighted by molar-refractivity contribution is 6.30. The van der Waals surface area contributed by atoms with E-state index in [9.17, 15) is 0 Å². The van der Waals surface area contributed by atoms with Gasteiger partial charge in [-0.15, -0.1) is 0 Å². The minimum atomic E-state index is 0.250. The van der Waals surface area contributed by atoms with E-state index < -0.39 is 0 Å². The Morgan fingerprint density at radius 3 is 2.68 bits per heavy atom. The fourth-order valence-electron chi connectivity index (χ4n) is 3.06. The number of benzene rings is 1. The van der Waals surface area contributed by atoms with E-state index in [1.54, 1.807) is 7.11 Å². The molecule has 2 heterocycles. The highest BCUT2D eigenvalue weighted by Gasteiger charge is 2.23. The monoisotopic (exact) mass is 320 g/mol. The van der Waals surface area contributed by atoms with Crippen molar-refractivity contribution >= 4 is 22.5 Å². The Bertz CT molecular complexity index is 667. The quantitative estimate of drug-likeness (QED) is 0.811. The highest BCUT2D eigenvalue weighted by atomic mass is 35.5. The van der Waals surface area contributed by atoms with Crippen LogP contribution in [-0.2, 0) is 11.3 Å². The summed E-state index contributed by atoms with van der Waals surface area (Å²) >= 11 is 6.38. The predicted octanol–water partition coefficient (Wildman–Crippen LogP) is 3.51. The van der Waals surface area contributed by atoms with Crippen LogP contribution in [0, 0.1) is 0 Å². The maximum Gasteiger partial charge on any atom is 0.134 e. The fraction of sp³-hybridized carbons (Fsp3) is 0.471. The summed E-state index contributed by atoms with van der Waals surface area (Å²) in [7, 11) is 1.65. The van der Waals surface area contributed by atoms with Crippen molar-refractivity contribution in [1.29, 1.82) is 0 Å². The molecule has 0 bridgehead atoms. The Morgan fingerprint density at radius 2 is 2.00 bits per heavy atom. The van der Waals surface area contributed by atoms with Gasteiger partial charge in [0, 0.05) is 36.7 Å². The van der Waals surface area contributed by atoms with Crippen LogP contribution < -0.4 is 4.74 Å². The first-order chi connectivity index (χ1) is 10.5. The van der Waals surface area contributed by atoms with Crippen LogP contribution in [0.5, 0.6) is 5.75 Å². The number of fused-ring (bicyclic) bond motifs is 1. The first kappa shape index (κ1) is 15.5. The molecule has 4 nitrogen and oxygen atoms in total. The van der Waals surface area contributed by atoms with Crippen LogP contribution in [0.1, 0.15) is 19.4 Å². The van der Waals surface area contributed by atoms with E-state index >= 15 is 0 Å². The van der Waals surface area contributed by atoms with Crippen molar-refractivity contribution in [2.45, 2.75) is 32.6 Å². The second kappa shape index (κ2) is 6.41. The van der Waals surface area contributed by atoms with E-state index in [0.717, 1.165) is 41.9 Å². The molecule has 1 aromatic heterocycles. The van der Waals surface area contributed by atoms with E-state index in [4.69, 9.17) is 21.1 Å². The molecule has 1 aliphatic heterocycles. The van der Waals surface area contributed by atoms with Gasteiger partial charge in [0.05, 0.1) is 24.8 Å². The van der Waals surface area contributed by atoms with E-state index in [1.165, 1.54) is 0 Å². The number of hydrogen-bond donors (Lipinski definition) is 0. The summed E-state index contributed by atoms with van der Waals surface area (Å²) in [5, 5.41) is 1.64. The molecule has 2 aromatic rings. The lowest BCUT2D eigenvalue weighted by atomic mass is 10.1. The minimum absolute atomic E-state index is 0.250. The van der Waals surface area contributed by atoms with E-state index in [2.05, 4.69) is 29.8 Å². The normalized spacial score (nSPS) is 22.9. The van der Waals surface area contributed by atoms with E-state index in [1.807, 2.05) is 18.2 Å². The zero-order chi connectivity index (χ0) is 15.7. The van der Waals surface area contributed by atoms with Crippen LogP contribution in [0.3, 0.4) is 0 Å². The molecule has 0 N–H and O–H groups in total. The number of morpholine rings is 1. The minimum Gasteiger partial charge on any atom is -0.497 e. The van der Waals surface area contributed by atoms with Gasteiger partial charge >= 0.3 is 0 Å². The van der Waals surface area contributed by atoms with Crippen molar-refractivity contribution in [3.8, 4) is 5.75 Å². The molecule has 0 amide bonds. The average molecular weight is 321 g/mol. The van der Waals surface area contributed by atoms with Gasteiger partial charge in [0.2, 0.25) is 0 Å². The smallest absolute Gasteiger partial charge is 0.134 e. The fourth-order valence-corrected chi connectivity index (χ4v) is 3.26. The second-order valence-electron chi connectivity index (χ2n) is 5.95. The van der Waals surface area contributed by atoms with Gasteiger partial charge in [0.1, 0.15) is 10.9 Å². The van der Waals surface area contributed by atoms with Crippen LogP contribution in [0.15, 0.2) is 24.3 Å². The van der Waals surface area contributed by atoms with Crippen LogP contribution >= 0.6 is 11.6 Å². The Labute approximate surface area is 136 Å². The van der Waals surface area contributed by atoms with Crippen LogP contribution in [-0.4, -0.2) is 42.3 Å². The number of halogens is 1. The molecule has 2 atom stereocenters. The topological polar surface area (TPSA) is 34.6 Å². The molecular formula is C17H21ClN2O2. The lowest BCUT2D eigenvalue weighted by Gasteiger charge is -2.35. The molecule has 1 saturated heterocycles. The van der Waals surface area contributed by atoms with Gasteiger partial charge in [0.15, 0.2) is 0 Å². The third kappa shape index (κ3) is 3.35. The lowest BCUT2D eigenvalue weighted by molar-refractivity contribution is -0.0704. The third-order valence-electron chi connectivity index (χ3n) is 3.94. The summed E-state index contributed by atoms with van der Waals surface area (Å²) in [5.74, 6) is 0.791. The van der Waals surface area contributed by atoms with E-state index in [-0.39, 0.29) is 12.2 Å². The lowest BCUT2D eigenvalue weighted by Crippen LogP contribution is -2.44. The number of pyridine rings is 1. The maximum absolute atomic E-state index is 6.38. The Hall–Kier alpha value is -1.36. The molecule has 5 heteroatoms. The number of methoxy groups -OCH3 is 1. The third-order valence-corrected chi connectivity index (χ3v) is 4.27. The molecule has 0 radical (unpaired) electrons. The van der Waals surface area contributed by atoms with Crippen molar-refractivity contribution in [3.05, 3.63) is 35.0 Å². The van der Waals surface area contributed by atoms with Gasteiger partial charge in [-0.1, -0.05) is 11.6 Å². The molecule has 22 heavy (non-hydrogen) atoms. The average Bonchev–Trinajstić information content (AvgIpc) is 2.46. The number of aromatic nitrogens is 1. The largest absolute Gasteiger partial charge is 0.497 e. The predicted molar refractivity (Wildman–Crippen MR) is 88.6 cm³/mol. The molecule has 118 valence electrons. The van der Waals surface area contributed by atoms with Gasteiger partial charge in [-0.2, -0.15) is 0 Å². The van der Waals surface area contributed by atoms with Crippen molar-refractivity contribution < 1.29 is 9.47 Å². The number of ether oxygens (including phenoxy) is 2. The summed E-state index contributed by atoms with van der Waals surface area (Å²) in [5.41, 5.74) is 1.91. The van der Waals surface area contributed by atoms with Crippen molar-refractivity contribution in [2.75, 3.05) is 20.2 Å². The highest BCUT2D eigenvalue weighted by Crippen LogP contribution is 2.26. The van der Waals surface area contributed by atoms with Crippen molar-refractivity contribution in [3.63, 3.8) is 0 Å². The van der Waals surface area contributed by atoms with Gasteiger partial charge in [-0.05, 0) is 32.0 Å². The van der Waals surface area contributed by atoms with Crippen molar-refractivity contribution in [1.82, 2.24) is 9.88 Å². The molecule has 0 saturated carbocycles. The number of rotatable bonds is 3. The Kier molecular flexibility index (Phi) is 4.52. The molecule has 1 aliphatic rings. The summed E-state index contributed by atoms with van der Waals surface area (Å²) in [6.45, 7) is 6.85.